The Balaban J connectivity index is 2.15. The van der Waals surface area contributed by atoms with E-state index in [0.717, 1.165) is 19.1 Å². The lowest BCUT2D eigenvalue weighted by atomic mass is 10.1. The number of hydrogen-bond donors (Lipinski definition) is 1. The molecule has 1 unspecified atom stereocenters. The Morgan fingerprint density at radius 3 is 2.56 bits per heavy atom. The molecule has 1 aliphatic rings. The highest BCUT2D eigenvalue weighted by Crippen LogP contribution is 2.29. The second-order valence-corrected chi connectivity index (χ2v) is 5.32. The van der Waals surface area contributed by atoms with E-state index in [9.17, 15) is 0 Å². The highest BCUT2D eigenvalue weighted by Gasteiger charge is 2.30. The molecule has 0 aromatic rings. The van der Waals surface area contributed by atoms with E-state index in [2.05, 4.69) is 37.6 Å². The predicted octanol–water partition coefficient (Wildman–Crippen LogP) is 2.80. The quantitative estimate of drug-likeness (QED) is 0.478. The van der Waals surface area contributed by atoms with Gasteiger partial charge in [-0.05, 0) is 39.2 Å². The lowest BCUT2D eigenvalue weighted by Crippen LogP contribution is -2.36. The van der Waals surface area contributed by atoms with Crippen molar-refractivity contribution < 1.29 is 0 Å². The summed E-state index contributed by atoms with van der Waals surface area (Å²) < 4.78 is 0. The molecule has 1 atom stereocenters. The third-order valence-electron chi connectivity index (χ3n) is 3.27. The molecule has 1 N–H and O–H groups in total. The van der Waals surface area contributed by atoms with Gasteiger partial charge in [0.25, 0.3) is 0 Å². The first-order chi connectivity index (χ1) is 7.65. The second kappa shape index (κ2) is 7.08. The van der Waals surface area contributed by atoms with E-state index in [-0.39, 0.29) is 0 Å². The minimum Gasteiger partial charge on any atom is -0.315 e. The molecule has 0 radical (unpaired) electrons. The van der Waals surface area contributed by atoms with E-state index in [1.54, 1.807) is 0 Å². The van der Waals surface area contributed by atoms with Gasteiger partial charge in [-0.3, -0.25) is 4.90 Å². The molecule has 1 rings (SSSR count). The first-order valence-electron chi connectivity index (χ1n) is 6.75. The monoisotopic (exact) mass is 224 g/mol. The van der Waals surface area contributed by atoms with Crippen molar-refractivity contribution in [2.45, 2.75) is 64.6 Å². The van der Waals surface area contributed by atoms with Crippen molar-refractivity contribution >= 4 is 0 Å². The van der Waals surface area contributed by atoms with Crippen LogP contribution in [0.5, 0.6) is 0 Å². The Morgan fingerprint density at radius 1 is 1.38 bits per heavy atom. The van der Waals surface area contributed by atoms with Crippen molar-refractivity contribution in [1.29, 1.82) is 0 Å². The Morgan fingerprint density at radius 2 is 2.06 bits per heavy atom. The summed E-state index contributed by atoms with van der Waals surface area (Å²) >= 11 is 0. The van der Waals surface area contributed by atoms with Crippen LogP contribution in [0.15, 0.2) is 12.7 Å². The third-order valence-corrected chi connectivity index (χ3v) is 3.27. The maximum absolute atomic E-state index is 3.86. The van der Waals surface area contributed by atoms with Crippen LogP contribution in [0.1, 0.15) is 46.5 Å². The summed E-state index contributed by atoms with van der Waals surface area (Å²) in [5, 5.41) is 3.48. The summed E-state index contributed by atoms with van der Waals surface area (Å²) in [6.07, 6.45) is 7.40. The minimum atomic E-state index is 0.614. The molecular formula is C14H28N2. The molecular weight excluding hydrogens is 196 g/mol. The van der Waals surface area contributed by atoms with E-state index < -0.39 is 0 Å². The smallest absolute Gasteiger partial charge is 0.0166 e. The van der Waals surface area contributed by atoms with Gasteiger partial charge in [0.1, 0.15) is 0 Å². The number of nitrogens with zero attached hydrogens (tertiary/aromatic N) is 1. The molecule has 0 spiro atoms. The summed E-state index contributed by atoms with van der Waals surface area (Å²) in [5.41, 5.74) is 0. The van der Waals surface area contributed by atoms with Crippen LogP contribution >= 0.6 is 0 Å². The standard InChI is InChI=1S/C14H28N2/c1-5-11-16(14-8-9-14)13(4)7-6-10-15-12(2)3/h5,12-15H,1,6-11H2,2-4H3. The first kappa shape index (κ1) is 13.7. The fourth-order valence-electron chi connectivity index (χ4n) is 2.20. The van der Waals surface area contributed by atoms with Crippen molar-refractivity contribution in [3.05, 3.63) is 12.7 Å². The number of rotatable bonds is 9. The summed E-state index contributed by atoms with van der Waals surface area (Å²) in [5.74, 6) is 0. The van der Waals surface area contributed by atoms with E-state index in [1.165, 1.54) is 25.7 Å². The van der Waals surface area contributed by atoms with Gasteiger partial charge < -0.3 is 5.32 Å². The highest BCUT2D eigenvalue weighted by atomic mass is 15.2. The summed E-state index contributed by atoms with van der Waals surface area (Å²) in [6, 6.07) is 2.17. The normalized spacial score (nSPS) is 18.1. The average molecular weight is 224 g/mol. The zero-order chi connectivity index (χ0) is 12.0. The Bertz CT molecular complexity index is 197. The Kier molecular flexibility index (Phi) is 6.07. The molecule has 2 nitrogen and oxygen atoms in total. The maximum Gasteiger partial charge on any atom is 0.0166 e. The van der Waals surface area contributed by atoms with Crippen LogP contribution in [-0.4, -0.2) is 36.1 Å². The van der Waals surface area contributed by atoms with Gasteiger partial charge in [0.05, 0.1) is 0 Å². The topological polar surface area (TPSA) is 15.3 Å². The van der Waals surface area contributed by atoms with Crippen molar-refractivity contribution in [3.63, 3.8) is 0 Å². The molecule has 0 aromatic carbocycles. The van der Waals surface area contributed by atoms with Crippen LogP contribution in [-0.2, 0) is 0 Å². The minimum absolute atomic E-state index is 0.614. The summed E-state index contributed by atoms with van der Waals surface area (Å²) in [7, 11) is 0. The molecule has 0 aromatic heterocycles. The SMILES string of the molecule is C=CCN(C(C)CCCNC(C)C)C1CC1. The van der Waals surface area contributed by atoms with Crippen LogP contribution in [0.4, 0.5) is 0 Å². The molecule has 0 saturated heterocycles. The summed E-state index contributed by atoms with van der Waals surface area (Å²) in [4.78, 5) is 2.61. The van der Waals surface area contributed by atoms with E-state index in [1.807, 2.05) is 6.08 Å². The van der Waals surface area contributed by atoms with Crippen LogP contribution in [0.2, 0.25) is 0 Å². The van der Waals surface area contributed by atoms with Crippen molar-refractivity contribution in [2.24, 2.45) is 0 Å². The number of hydrogen-bond acceptors (Lipinski definition) is 2. The Labute approximate surface area is 101 Å². The summed E-state index contributed by atoms with van der Waals surface area (Å²) in [6.45, 7) is 12.8. The fourth-order valence-corrected chi connectivity index (χ4v) is 2.20. The zero-order valence-corrected chi connectivity index (χ0v) is 11.2. The molecule has 1 aliphatic carbocycles. The van der Waals surface area contributed by atoms with Crippen molar-refractivity contribution in [2.75, 3.05) is 13.1 Å². The lowest BCUT2D eigenvalue weighted by Gasteiger charge is -2.28. The Hall–Kier alpha value is -0.340. The molecule has 2 heteroatoms. The molecule has 0 amide bonds. The molecule has 0 heterocycles. The molecule has 16 heavy (non-hydrogen) atoms. The highest BCUT2D eigenvalue weighted by molar-refractivity contribution is 4.90. The molecule has 0 bridgehead atoms. The van der Waals surface area contributed by atoms with E-state index in [4.69, 9.17) is 0 Å². The fraction of sp³-hybridized carbons (Fsp3) is 0.857. The predicted molar refractivity (Wildman–Crippen MR) is 71.8 cm³/mol. The molecule has 1 fully saturated rings. The van der Waals surface area contributed by atoms with Crippen molar-refractivity contribution in [1.82, 2.24) is 10.2 Å². The van der Waals surface area contributed by atoms with Gasteiger partial charge in [-0.25, -0.2) is 0 Å². The van der Waals surface area contributed by atoms with E-state index in [0.29, 0.717) is 12.1 Å². The second-order valence-electron chi connectivity index (χ2n) is 5.32. The van der Waals surface area contributed by atoms with Gasteiger partial charge in [-0.2, -0.15) is 0 Å². The van der Waals surface area contributed by atoms with Gasteiger partial charge >= 0.3 is 0 Å². The van der Waals surface area contributed by atoms with Crippen LogP contribution in [0, 0.1) is 0 Å². The molecule has 1 saturated carbocycles. The lowest BCUT2D eigenvalue weighted by molar-refractivity contribution is 0.208. The van der Waals surface area contributed by atoms with Crippen LogP contribution in [0.3, 0.4) is 0 Å². The van der Waals surface area contributed by atoms with E-state index >= 15 is 0 Å². The van der Waals surface area contributed by atoms with Gasteiger partial charge in [0.15, 0.2) is 0 Å². The molecule has 94 valence electrons. The van der Waals surface area contributed by atoms with Gasteiger partial charge in [-0.15, -0.1) is 6.58 Å². The number of nitrogens with one attached hydrogen (secondary N) is 1. The maximum atomic E-state index is 3.86. The van der Waals surface area contributed by atoms with Gasteiger partial charge in [0.2, 0.25) is 0 Å². The zero-order valence-electron chi connectivity index (χ0n) is 11.2. The van der Waals surface area contributed by atoms with Gasteiger partial charge in [0, 0.05) is 24.7 Å². The largest absolute Gasteiger partial charge is 0.315 e. The third kappa shape index (κ3) is 5.13. The molecule has 0 aliphatic heterocycles. The van der Waals surface area contributed by atoms with Crippen molar-refractivity contribution in [3.8, 4) is 0 Å². The first-order valence-corrected chi connectivity index (χ1v) is 6.75. The van der Waals surface area contributed by atoms with Crippen LogP contribution < -0.4 is 5.32 Å². The van der Waals surface area contributed by atoms with Gasteiger partial charge in [-0.1, -0.05) is 19.9 Å². The van der Waals surface area contributed by atoms with Crippen LogP contribution in [0.25, 0.3) is 0 Å². The average Bonchev–Trinajstić information content (AvgIpc) is 3.04.